The maximum atomic E-state index is 11.1. The van der Waals surface area contributed by atoms with Crippen molar-refractivity contribution >= 4 is 17.2 Å². The van der Waals surface area contributed by atoms with Gasteiger partial charge in [-0.25, -0.2) is 4.98 Å². The lowest BCUT2D eigenvalue weighted by atomic mass is 10.1. The largest absolute Gasteiger partial charge is 0.487 e. The number of hydrogen-bond acceptors (Lipinski definition) is 3. The van der Waals surface area contributed by atoms with Crippen molar-refractivity contribution in [1.29, 1.82) is 0 Å². The molecule has 0 aliphatic rings. The van der Waals surface area contributed by atoms with Crippen LogP contribution in [0.3, 0.4) is 0 Å². The summed E-state index contributed by atoms with van der Waals surface area (Å²) >= 11 is 0. The van der Waals surface area contributed by atoms with Gasteiger partial charge >= 0.3 is 0 Å². The Bertz CT molecular complexity index is 796. The number of rotatable bonds is 4. The van der Waals surface area contributed by atoms with E-state index in [1.165, 1.54) is 0 Å². The standard InChI is InChI=1S/C18H15NO2/c1-13-6-9-18(15(10-13)11-20)21-12-16-8-7-14-4-2-3-5-17(14)19-16/h2-11H,12H2,1H3. The zero-order valence-electron chi connectivity index (χ0n) is 11.7. The Morgan fingerprint density at radius 1 is 1.10 bits per heavy atom. The highest BCUT2D eigenvalue weighted by molar-refractivity contribution is 5.80. The molecular weight excluding hydrogens is 262 g/mol. The second kappa shape index (κ2) is 5.75. The maximum absolute atomic E-state index is 11.1. The summed E-state index contributed by atoms with van der Waals surface area (Å²) in [7, 11) is 0. The highest BCUT2D eigenvalue weighted by atomic mass is 16.5. The van der Waals surface area contributed by atoms with Crippen molar-refractivity contribution in [2.45, 2.75) is 13.5 Å². The Morgan fingerprint density at radius 3 is 2.81 bits per heavy atom. The number of aromatic nitrogens is 1. The molecule has 3 aromatic rings. The molecule has 0 saturated heterocycles. The van der Waals surface area contributed by atoms with E-state index in [0.717, 1.165) is 28.4 Å². The van der Waals surface area contributed by atoms with Crippen LogP contribution >= 0.6 is 0 Å². The lowest BCUT2D eigenvalue weighted by molar-refractivity contribution is 0.111. The summed E-state index contributed by atoms with van der Waals surface area (Å²) in [5, 5.41) is 1.10. The summed E-state index contributed by atoms with van der Waals surface area (Å²) in [6.07, 6.45) is 0.816. The summed E-state index contributed by atoms with van der Waals surface area (Å²) in [6, 6.07) is 17.5. The number of para-hydroxylation sites is 1. The number of carbonyl (C=O) groups is 1. The van der Waals surface area contributed by atoms with Crippen LogP contribution in [0.1, 0.15) is 21.6 Å². The van der Waals surface area contributed by atoms with Crippen LogP contribution in [0.2, 0.25) is 0 Å². The van der Waals surface area contributed by atoms with Crippen LogP contribution < -0.4 is 4.74 Å². The minimum Gasteiger partial charge on any atom is -0.487 e. The highest BCUT2D eigenvalue weighted by Crippen LogP contribution is 2.20. The number of fused-ring (bicyclic) bond motifs is 1. The fourth-order valence-electron chi connectivity index (χ4n) is 2.23. The molecule has 0 unspecified atom stereocenters. The summed E-state index contributed by atoms with van der Waals surface area (Å²) in [6.45, 7) is 2.29. The van der Waals surface area contributed by atoms with E-state index < -0.39 is 0 Å². The van der Waals surface area contributed by atoms with Crippen LogP contribution in [-0.2, 0) is 6.61 Å². The third kappa shape index (κ3) is 2.92. The molecule has 0 spiro atoms. The van der Waals surface area contributed by atoms with Gasteiger partial charge in [-0.1, -0.05) is 35.9 Å². The summed E-state index contributed by atoms with van der Waals surface area (Å²) in [4.78, 5) is 15.6. The molecule has 3 nitrogen and oxygen atoms in total. The molecule has 0 aliphatic carbocycles. The van der Waals surface area contributed by atoms with Gasteiger partial charge in [0.2, 0.25) is 0 Å². The van der Waals surface area contributed by atoms with Crippen molar-refractivity contribution in [3.8, 4) is 5.75 Å². The van der Waals surface area contributed by atoms with Gasteiger partial charge in [0.25, 0.3) is 0 Å². The van der Waals surface area contributed by atoms with Crippen LogP contribution in [0, 0.1) is 6.92 Å². The van der Waals surface area contributed by atoms with E-state index in [1.807, 2.05) is 61.5 Å². The molecule has 3 rings (SSSR count). The minimum absolute atomic E-state index is 0.342. The molecule has 104 valence electrons. The van der Waals surface area contributed by atoms with Crippen molar-refractivity contribution in [3.05, 3.63) is 71.4 Å². The fourth-order valence-corrected chi connectivity index (χ4v) is 2.23. The Hall–Kier alpha value is -2.68. The van der Waals surface area contributed by atoms with E-state index in [-0.39, 0.29) is 0 Å². The smallest absolute Gasteiger partial charge is 0.153 e. The molecule has 0 radical (unpaired) electrons. The Balaban J connectivity index is 1.81. The first-order valence-corrected chi connectivity index (χ1v) is 6.79. The van der Waals surface area contributed by atoms with Gasteiger partial charge < -0.3 is 4.74 Å². The second-order valence-electron chi connectivity index (χ2n) is 4.94. The van der Waals surface area contributed by atoms with Crippen molar-refractivity contribution in [3.63, 3.8) is 0 Å². The van der Waals surface area contributed by atoms with E-state index in [4.69, 9.17) is 4.74 Å². The van der Waals surface area contributed by atoms with Crippen LogP contribution in [0.15, 0.2) is 54.6 Å². The maximum Gasteiger partial charge on any atom is 0.153 e. The average molecular weight is 277 g/mol. The highest BCUT2D eigenvalue weighted by Gasteiger charge is 2.05. The first kappa shape index (κ1) is 13.3. The summed E-state index contributed by atoms with van der Waals surface area (Å²) in [5.74, 6) is 0.588. The molecule has 0 saturated carbocycles. The summed E-state index contributed by atoms with van der Waals surface area (Å²) < 4.78 is 5.72. The second-order valence-corrected chi connectivity index (χ2v) is 4.94. The quantitative estimate of drug-likeness (QED) is 0.678. The molecule has 3 heteroatoms. The number of carbonyl (C=O) groups excluding carboxylic acids is 1. The van der Waals surface area contributed by atoms with Crippen molar-refractivity contribution in [2.24, 2.45) is 0 Å². The van der Waals surface area contributed by atoms with Gasteiger partial charge in [0.15, 0.2) is 6.29 Å². The lowest BCUT2D eigenvalue weighted by Crippen LogP contribution is -2.00. The van der Waals surface area contributed by atoms with Gasteiger partial charge in [0, 0.05) is 5.39 Å². The molecule has 0 N–H and O–H groups in total. The topological polar surface area (TPSA) is 39.2 Å². The van der Waals surface area contributed by atoms with Crippen molar-refractivity contribution < 1.29 is 9.53 Å². The predicted molar refractivity (Wildman–Crippen MR) is 82.6 cm³/mol. The van der Waals surface area contributed by atoms with Gasteiger partial charge in [-0.3, -0.25) is 4.79 Å². The van der Waals surface area contributed by atoms with Crippen LogP contribution in [0.4, 0.5) is 0 Å². The first-order valence-electron chi connectivity index (χ1n) is 6.79. The lowest BCUT2D eigenvalue weighted by Gasteiger charge is -2.09. The molecule has 0 bridgehead atoms. The number of ether oxygens (including phenoxy) is 1. The zero-order valence-corrected chi connectivity index (χ0v) is 11.7. The van der Waals surface area contributed by atoms with Gasteiger partial charge in [0.1, 0.15) is 12.4 Å². The van der Waals surface area contributed by atoms with Gasteiger partial charge in [-0.2, -0.15) is 0 Å². The molecule has 0 atom stereocenters. The minimum atomic E-state index is 0.342. The third-order valence-corrected chi connectivity index (χ3v) is 3.32. The van der Waals surface area contributed by atoms with E-state index in [1.54, 1.807) is 0 Å². The average Bonchev–Trinajstić information content (AvgIpc) is 2.53. The molecule has 1 aromatic heterocycles. The van der Waals surface area contributed by atoms with Crippen LogP contribution in [0.25, 0.3) is 10.9 Å². The number of nitrogens with zero attached hydrogens (tertiary/aromatic N) is 1. The Kier molecular flexibility index (Phi) is 3.65. The Labute approximate surface area is 123 Å². The fraction of sp³-hybridized carbons (Fsp3) is 0.111. The van der Waals surface area contributed by atoms with Crippen molar-refractivity contribution in [2.75, 3.05) is 0 Å². The Morgan fingerprint density at radius 2 is 1.95 bits per heavy atom. The molecule has 0 fully saturated rings. The molecule has 0 amide bonds. The SMILES string of the molecule is Cc1ccc(OCc2ccc3ccccc3n2)c(C=O)c1. The van der Waals surface area contributed by atoms with Crippen LogP contribution in [0.5, 0.6) is 5.75 Å². The first-order chi connectivity index (χ1) is 10.3. The van der Waals surface area contributed by atoms with Gasteiger partial charge in [-0.15, -0.1) is 0 Å². The van der Waals surface area contributed by atoms with Gasteiger partial charge in [-0.05, 0) is 31.2 Å². The monoisotopic (exact) mass is 277 g/mol. The van der Waals surface area contributed by atoms with E-state index in [2.05, 4.69) is 4.98 Å². The normalized spacial score (nSPS) is 10.5. The molecule has 1 heterocycles. The number of aryl methyl sites for hydroxylation is 1. The summed E-state index contributed by atoms with van der Waals surface area (Å²) in [5.41, 5.74) is 3.38. The van der Waals surface area contributed by atoms with Crippen LogP contribution in [-0.4, -0.2) is 11.3 Å². The third-order valence-electron chi connectivity index (χ3n) is 3.32. The predicted octanol–water partition coefficient (Wildman–Crippen LogP) is 3.93. The zero-order chi connectivity index (χ0) is 14.7. The molecule has 0 aliphatic heterocycles. The number of pyridine rings is 1. The molecular formula is C18H15NO2. The van der Waals surface area contributed by atoms with Gasteiger partial charge in [0.05, 0.1) is 16.8 Å². The number of benzene rings is 2. The molecule has 2 aromatic carbocycles. The number of hydrogen-bond donors (Lipinski definition) is 0. The number of aldehydes is 1. The van der Waals surface area contributed by atoms with E-state index in [0.29, 0.717) is 17.9 Å². The molecule has 21 heavy (non-hydrogen) atoms. The van der Waals surface area contributed by atoms with E-state index in [9.17, 15) is 4.79 Å². The van der Waals surface area contributed by atoms with Crippen molar-refractivity contribution in [1.82, 2.24) is 4.98 Å². The van der Waals surface area contributed by atoms with E-state index >= 15 is 0 Å².